The van der Waals surface area contributed by atoms with Gasteiger partial charge in [-0.25, -0.2) is 0 Å². The molecule has 2 bridgehead atoms. The fourth-order valence-corrected chi connectivity index (χ4v) is 3.98. The monoisotopic (exact) mass is 342 g/mol. The maximum Gasteiger partial charge on any atom is 0.232 e. The van der Waals surface area contributed by atoms with Gasteiger partial charge in [0.05, 0.1) is 5.41 Å². The number of carbonyl (C=O) groups excluding carboxylic acids is 1. The summed E-state index contributed by atoms with van der Waals surface area (Å²) < 4.78 is 0. The van der Waals surface area contributed by atoms with Gasteiger partial charge in [-0.3, -0.25) is 4.79 Å². The van der Waals surface area contributed by atoms with Crippen molar-refractivity contribution >= 4 is 29.9 Å². The number of benzene rings is 1. The molecule has 0 radical (unpaired) electrons. The molecule has 1 amide bonds. The predicted molar refractivity (Wildman–Crippen MR) is 92.9 cm³/mol. The van der Waals surface area contributed by atoms with E-state index < -0.39 is 5.41 Å². The van der Waals surface area contributed by atoms with E-state index in [0.717, 1.165) is 25.1 Å². The van der Waals surface area contributed by atoms with Gasteiger partial charge < -0.3 is 10.2 Å². The summed E-state index contributed by atoms with van der Waals surface area (Å²) in [5.74, 6) is 0.185. The molecule has 2 fully saturated rings. The van der Waals surface area contributed by atoms with E-state index in [4.69, 9.17) is 11.6 Å². The van der Waals surface area contributed by atoms with Crippen molar-refractivity contribution in [3.8, 4) is 0 Å². The van der Waals surface area contributed by atoms with E-state index >= 15 is 0 Å². The van der Waals surface area contributed by atoms with Crippen molar-refractivity contribution in [2.75, 3.05) is 13.1 Å². The van der Waals surface area contributed by atoms with Gasteiger partial charge in [-0.1, -0.05) is 29.8 Å². The Hall–Kier alpha value is -0.770. The lowest BCUT2D eigenvalue weighted by Gasteiger charge is -2.33. The van der Waals surface area contributed by atoms with Crippen LogP contribution in [0.15, 0.2) is 24.3 Å². The average Bonchev–Trinajstić information content (AvgIpc) is 2.78. The number of nitrogens with zero attached hydrogens (tertiary/aromatic N) is 1. The maximum absolute atomic E-state index is 13.0. The predicted octanol–water partition coefficient (Wildman–Crippen LogP) is 3.39. The Morgan fingerprint density at radius 2 is 1.91 bits per heavy atom. The molecule has 2 aliphatic rings. The SMILES string of the molecule is CC(C)(C(=O)N1CCC2CCC(C1)N2)c1ccccc1Cl.Cl. The van der Waals surface area contributed by atoms with Crippen molar-refractivity contribution in [2.45, 2.75) is 50.6 Å². The first-order valence-corrected chi connectivity index (χ1v) is 8.16. The van der Waals surface area contributed by atoms with Crippen LogP contribution in [0.25, 0.3) is 0 Å². The van der Waals surface area contributed by atoms with Gasteiger partial charge in [-0.15, -0.1) is 12.4 Å². The third-order valence-electron chi connectivity index (χ3n) is 4.89. The van der Waals surface area contributed by atoms with Gasteiger partial charge in [-0.2, -0.15) is 0 Å². The molecule has 22 heavy (non-hydrogen) atoms. The molecule has 1 N–H and O–H groups in total. The highest BCUT2D eigenvalue weighted by Gasteiger charge is 2.38. The molecule has 2 unspecified atom stereocenters. The Bertz CT molecular complexity index is 547. The third kappa shape index (κ3) is 3.27. The van der Waals surface area contributed by atoms with Crippen LogP contribution in [0.4, 0.5) is 0 Å². The van der Waals surface area contributed by atoms with E-state index in [0.29, 0.717) is 17.1 Å². The number of amides is 1. The number of fused-ring (bicyclic) bond motifs is 2. The van der Waals surface area contributed by atoms with E-state index in [1.165, 1.54) is 12.8 Å². The normalized spacial score (nSPS) is 24.6. The molecule has 5 heteroatoms. The largest absolute Gasteiger partial charge is 0.340 e. The van der Waals surface area contributed by atoms with E-state index in [1.807, 2.05) is 43.0 Å². The highest BCUT2D eigenvalue weighted by atomic mass is 35.5. The first kappa shape index (κ1) is 17.6. The van der Waals surface area contributed by atoms with E-state index in [-0.39, 0.29) is 18.3 Å². The van der Waals surface area contributed by atoms with Crippen molar-refractivity contribution in [2.24, 2.45) is 0 Å². The Kier molecular flexibility index (Phi) is 5.41. The van der Waals surface area contributed by atoms with Crippen molar-refractivity contribution in [3.05, 3.63) is 34.9 Å². The van der Waals surface area contributed by atoms with Crippen LogP contribution in [-0.2, 0) is 10.2 Å². The zero-order valence-electron chi connectivity index (χ0n) is 13.1. The van der Waals surface area contributed by atoms with E-state index in [2.05, 4.69) is 5.32 Å². The minimum absolute atomic E-state index is 0. The summed E-state index contributed by atoms with van der Waals surface area (Å²) in [5.41, 5.74) is 0.334. The molecule has 122 valence electrons. The van der Waals surface area contributed by atoms with Gasteiger partial charge in [0.1, 0.15) is 0 Å². The van der Waals surface area contributed by atoms with Crippen LogP contribution in [0.3, 0.4) is 0 Å². The van der Waals surface area contributed by atoms with Crippen LogP contribution in [-0.4, -0.2) is 36.0 Å². The molecule has 0 aromatic heterocycles. The molecule has 2 saturated heterocycles. The average molecular weight is 343 g/mol. The Labute approximate surface area is 143 Å². The summed E-state index contributed by atoms with van der Waals surface area (Å²) in [7, 11) is 0. The van der Waals surface area contributed by atoms with Crippen LogP contribution in [0.1, 0.15) is 38.7 Å². The highest BCUT2D eigenvalue weighted by Crippen LogP contribution is 2.32. The van der Waals surface area contributed by atoms with Crippen LogP contribution in [0, 0.1) is 0 Å². The number of nitrogens with one attached hydrogen (secondary N) is 1. The molecular formula is C17H24Cl2N2O. The Morgan fingerprint density at radius 3 is 2.64 bits per heavy atom. The lowest BCUT2D eigenvalue weighted by Crippen LogP contribution is -2.47. The van der Waals surface area contributed by atoms with Crippen molar-refractivity contribution in [1.82, 2.24) is 10.2 Å². The smallest absolute Gasteiger partial charge is 0.232 e. The number of hydrogen-bond donors (Lipinski definition) is 1. The van der Waals surface area contributed by atoms with Crippen LogP contribution in [0.2, 0.25) is 5.02 Å². The summed E-state index contributed by atoms with van der Waals surface area (Å²) in [6, 6.07) is 8.73. The Balaban J connectivity index is 0.00000176. The van der Waals surface area contributed by atoms with Crippen molar-refractivity contribution in [1.29, 1.82) is 0 Å². The number of hydrogen-bond acceptors (Lipinski definition) is 2. The molecule has 3 rings (SSSR count). The number of halogens is 2. The molecule has 1 aromatic carbocycles. The summed E-state index contributed by atoms with van der Waals surface area (Å²) >= 11 is 6.30. The Morgan fingerprint density at radius 1 is 1.23 bits per heavy atom. The maximum atomic E-state index is 13.0. The molecule has 0 aliphatic carbocycles. The summed E-state index contributed by atoms with van der Waals surface area (Å²) in [6.45, 7) is 5.63. The van der Waals surface area contributed by atoms with Gasteiger partial charge in [0.15, 0.2) is 0 Å². The van der Waals surface area contributed by atoms with Crippen molar-refractivity contribution in [3.63, 3.8) is 0 Å². The lowest BCUT2D eigenvalue weighted by atomic mass is 9.83. The second kappa shape index (κ2) is 6.77. The minimum atomic E-state index is -0.581. The van der Waals surface area contributed by atoms with Crippen molar-refractivity contribution < 1.29 is 4.79 Å². The van der Waals surface area contributed by atoms with Gasteiger partial charge in [0.2, 0.25) is 5.91 Å². The second-order valence-electron chi connectivity index (χ2n) is 6.78. The zero-order chi connectivity index (χ0) is 15.0. The summed E-state index contributed by atoms with van der Waals surface area (Å²) in [4.78, 5) is 15.1. The molecule has 2 heterocycles. The standard InChI is InChI=1S/C17H23ClN2O.ClH/c1-17(2,14-5-3-4-6-15(14)18)16(21)20-10-9-12-7-8-13(11-20)19-12;/h3-6,12-13,19H,7-11H2,1-2H3;1H. The molecule has 0 saturated carbocycles. The van der Waals surface area contributed by atoms with Gasteiger partial charge in [0, 0.05) is 30.2 Å². The van der Waals surface area contributed by atoms with Crippen LogP contribution >= 0.6 is 24.0 Å². The third-order valence-corrected chi connectivity index (χ3v) is 5.22. The minimum Gasteiger partial charge on any atom is -0.340 e. The van der Waals surface area contributed by atoms with Crippen LogP contribution in [0.5, 0.6) is 0 Å². The number of carbonyl (C=O) groups is 1. The van der Waals surface area contributed by atoms with E-state index in [1.54, 1.807) is 0 Å². The molecule has 2 atom stereocenters. The van der Waals surface area contributed by atoms with Crippen LogP contribution < -0.4 is 5.32 Å². The summed E-state index contributed by atoms with van der Waals surface area (Å²) in [6.07, 6.45) is 3.49. The number of likely N-dealkylation sites (tertiary alicyclic amines) is 1. The van der Waals surface area contributed by atoms with Gasteiger partial charge in [0.25, 0.3) is 0 Å². The van der Waals surface area contributed by atoms with Gasteiger partial charge in [-0.05, 0) is 44.7 Å². The first-order valence-electron chi connectivity index (χ1n) is 7.79. The quantitative estimate of drug-likeness (QED) is 0.893. The zero-order valence-corrected chi connectivity index (χ0v) is 14.7. The van der Waals surface area contributed by atoms with E-state index in [9.17, 15) is 4.79 Å². The summed E-state index contributed by atoms with van der Waals surface area (Å²) in [5, 5.41) is 4.29. The highest BCUT2D eigenvalue weighted by molar-refractivity contribution is 6.31. The second-order valence-corrected chi connectivity index (χ2v) is 7.19. The fraction of sp³-hybridized carbons (Fsp3) is 0.588. The fourth-order valence-electron chi connectivity index (χ4n) is 3.61. The molecular weight excluding hydrogens is 319 g/mol. The molecule has 0 spiro atoms. The van der Waals surface area contributed by atoms with Gasteiger partial charge >= 0.3 is 0 Å². The molecule has 1 aromatic rings. The number of rotatable bonds is 2. The topological polar surface area (TPSA) is 32.3 Å². The first-order chi connectivity index (χ1) is 9.98. The lowest BCUT2D eigenvalue weighted by molar-refractivity contribution is -0.136. The molecule has 2 aliphatic heterocycles. The molecule has 3 nitrogen and oxygen atoms in total.